The molecule has 0 atom stereocenters. The van der Waals surface area contributed by atoms with E-state index in [-0.39, 0.29) is 30.0 Å². The van der Waals surface area contributed by atoms with Gasteiger partial charge in [0.25, 0.3) is 0 Å². The molecule has 0 radical (unpaired) electrons. The van der Waals surface area contributed by atoms with Crippen LogP contribution < -0.4 is 10.6 Å². The molecule has 0 aliphatic carbocycles. The highest BCUT2D eigenvalue weighted by atomic mass is 127. The number of fused-ring (bicyclic) bond motifs is 1. The standard InChI is InChI=1S/C17H15N3O2S.HI/c1-23-16(18)12-3-2-4-13(10-12)19-17(21)20-14-5-6-15-11(9-14)7-8-22-15;/h2-10,18H,1H3,(H2,19,20,21);1H. The van der Waals surface area contributed by atoms with E-state index in [1.807, 2.05) is 36.6 Å². The number of halogens is 1. The molecule has 0 spiro atoms. The normalized spacial score (nSPS) is 10.0. The van der Waals surface area contributed by atoms with Gasteiger partial charge in [0.1, 0.15) is 5.58 Å². The molecule has 0 unspecified atom stereocenters. The van der Waals surface area contributed by atoms with Crippen LogP contribution in [0.3, 0.4) is 0 Å². The summed E-state index contributed by atoms with van der Waals surface area (Å²) < 4.78 is 5.27. The summed E-state index contributed by atoms with van der Waals surface area (Å²) in [5.41, 5.74) is 2.88. The van der Waals surface area contributed by atoms with E-state index in [0.717, 1.165) is 16.5 Å². The minimum Gasteiger partial charge on any atom is -0.464 e. The minimum atomic E-state index is -0.333. The van der Waals surface area contributed by atoms with Gasteiger partial charge < -0.3 is 15.1 Å². The highest BCUT2D eigenvalue weighted by molar-refractivity contribution is 14.0. The van der Waals surface area contributed by atoms with Crippen LogP contribution >= 0.6 is 35.7 Å². The molecule has 1 aromatic heterocycles. The van der Waals surface area contributed by atoms with Gasteiger partial charge in [-0.25, -0.2) is 4.79 Å². The third-order valence-corrected chi connectivity index (χ3v) is 3.94. The molecular weight excluding hydrogens is 437 g/mol. The summed E-state index contributed by atoms with van der Waals surface area (Å²) >= 11 is 1.36. The number of hydrogen-bond donors (Lipinski definition) is 3. The molecule has 3 N–H and O–H groups in total. The van der Waals surface area contributed by atoms with Crippen LogP contribution in [0.2, 0.25) is 0 Å². The highest BCUT2D eigenvalue weighted by Gasteiger charge is 2.06. The van der Waals surface area contributed by atoms with Crippen molar-refractivity contribution in [2.45, 2.75) is 0 Å². The fraction of sp³-hybridized carbons (Fsp3) is 0.0588. The number of nitrogens with one attached hydrogen (secondary N) is 3. The van der Waals surface area contributed by atoms with Crippen molar-refractivity contribution in [1.29, 1.82) is 5.41 Å². The molecule has 3 rings (SSSR count). The maximum atomic E-state index is 12.1. The molecule has 0 bridgehead atoms. The summed E-state index contributed by atoms with van der Waals surface area (Å²) in [5, 5.41) is 14.8. The van der Waals surface area contributed by atoms with Crippen molar-refractivity contribution in [2.24, 2.45) is 0 Å². The molecule has 24 heavy (non-hydrogen) atoms. The number of carbonyl (C=O) groups is 1. The molecule has 7 heteroatoms. The average Bonchev–Trinajstić information content (AvgIpc) is 3.02. The summed E-state index contributed by atoms with van der Waals surface area (Å²) in [4.78, 5) is 12.1. The number of furan rings is 1. The van der Waals surface area contributed by atoms with Gasteiger partial charge >= 0.3 is 6.03 Å². The molecule has 0 fully saturated rings. The molecule has 3 aromatic rings. The van der Waals surface area contributed by atoms with E-state index in [9.17, 15) is 4.79 Å². The Morgan fingerprint density at radius 3 is 2.58 bits per heavy atom. The van der Waals surface area contributed by atoms with Gasteiger partial charge in [-0.15, -0.1) is 35.7 Å². The minimum absolute atomic E-state index is 0. The van der Waals surface area contributed by atoms with Gasteiger partial charge in [0.2, 0.25) is 0 Å². The quantitative estimate of drug-likeness (QED) is 0.283. The van der Waals surface area contributed by atoms with Gasteiger partial charge in [-0.05, 0) is 42.7 Å². The maximum Gasteiger partial charge on any atom is 0.323 e. The van der Waals surface area contributed by atoms with Crippen molar-refractivity contribution in [3.63, 3.8) is 0 Å². The lowest BCUT2D eigenvalue weighted by Crippen LogP contribution is -2.19. The van der Waals surface area contributed by atoms with Gasteiger partial charge in [0, 0.05) is 22.3 Å². The summed E-state index contributed by atoms with van der Waals surface area (Å²) in [6, 6.07) is 14.2. The number of benzene rings is 2. The van der Waals surface area contributed by atoms with Crippen LogP contribution in [0.15, 0.2) is 59.2 Å². The number of carbonyl (C=O) groups excluding carboxylic acids is 1. The van der Waals surface area contributed by atoms with Gasteiger partial charge in [-0.3, -0.25) is 5.41 Å². The first-order valence-corrected chi connectivity index (χ1v) is 8.16. The van der Waals surface area contributed by atoms with Crippen molar-refractivity contribution in [1.82, 2.24) is 0 Å². The predicted molar refractivity (Wildman–Crippen MR) is 111 cm³/mol. The van der Waals surface area contributed by atoms with Crippen molar-refractivity contribution < 1.29 is 9.21 Å². The summed E-state index contributed by atoms with van der Waals surface area (Å²) in [6.45, 7) is 0. The van der Waals surface area contributed by atoms with Crippen molar-refractivity contribution in [2.75, 3.05) is 16.9 Å². The van der Waals surface area contributed by atoms with Crippen LogP contribution in [0.1, 0.15) is 5.56 Å². The van der Waals surface area contributed by atoms with Crippen LogP contribution in [-0.4, -0.2) is 17.3 Å². The number of rotatable bonds is 3. The molecule has 1 heterocycles. The lowest BCUT2D eigenvalue weighted by molar-refractivity contribution is 0.262. The second kappa shape index (κ2) is 8.20. The Balaban J connectivity index is 0.00000208. The highest BCUT2D eigenvalue weighted by Crippen LogP contribution is 2.20. The zero-order chi connectivity index (χ0) is 16.2. The van der Waals surface area contributed by atoms with E-state index in [2.05, 4.69) is 10.6 Å². The first-order valence-electron chi connectivity index (χ1n) is 6.94. The van der Waals surface area contributed by atoms with Crippen molar-refractivity contribution >= 4 is 69.2 Å². The molecule has 0 saturated carbocycles. The van der Waals surface area contributed by atoms with Gasteiger partial charge in [-0.2, -0.15) is 0 Å². The second-order valence-electron chi connectivity index (χ2n) is 4.87. The Morgan fingerprint density at radius 2 is 1.83 bits per heavy atom. The molecule has 2 aromatic carbocycles. The summed E-state index contributed by atoms with van der Waals surface area (Å²) in [7, 11) is 0. The predicted octanol–water partition coefficient (Wildman–Crippen LogP) is 5.38. The Hall–Kier alpha value is -2.00. The molecule has 5 nitrogen and oxygen atoms in total. The van der Waals surface area contributed by atoms with E-state index in [1.54, 1.807) is 24.5 Å². The summed E-state index contributed by atoms with van der Waals surface area (Å²) in [5.74, 6) is 0. The van der Waals surface area contributed by atoms with E-state index in [0.29, 0.717) is 16.4 Å². The molecular formula is C17H16IN3O2S. The smallest absolute Gasteiger partial charge is 0.323 e. The SMILES string of the molecule is CSC(=N)c1cccc(NC(=O)Nc2ccc3occc3c2)c1.I. The van der Waals surface area contributed by atoms with Crippen LogP contribution in [0.4, 0.5) is 16.2 Å². The third-order valence-electron chi connectivity index (χ3n) is 3.30. The maximum absolute atomic E-state index is 12.1. The fourth-order valence-corrected chi connectivity index (χ4v) is 2.56. The average molecular weight is 453 g/mol. The van der Waals surface area contributed by atoms with E-state index in [1.165, 1.54) is 11.8 Å². The largest absolute Gasteiger partial charge is 0.464 e. The number of hydrogen-bond acceptors (Lipinski definition) is 4. The Morgan fingerprint density at radius 1 is 1.08 bits per heavy atom. The second-order valence-corrected chi connectivity index (χ2v) is 5.68. The third kappa shape index (κ3) is 4.30. The lowest BCUT2D eigenvalue weighted by atomic mass is 10.2. The Kier molecular flexibility index (Phi) is 6.27. The number of amides is 2. The van der Waals surface area contributed by atoms with Gasteiger partial charge in [-0.1, -0.05) is 12.1 Å². The molecule has 2 amide bonds. The number of thioether (sulfide) groups is 1. The zero-order valence-corrected chi connectivity index (χ0v) is 16.0. The van der Waals surface area contributed by atoms with Crippen molar-refractivity contribution in [3.8, 4) is 0 Å². The van der Waals surface area contributed by atoms with E-state index < -0.39 is 0 Å². The van der Waals surface area contributed by atoms with Crippen molar-refractivity contribution in [3.05, 3.63) is 60.4 Å². The van der Waals surface area contributed by atoms with E-state index in [4.69, 9.17) is 9.83 Å². The van der Waals surface area contributed by atoms with Gasteiger partial charge in [0.05, 0.1) is 11.3 Å². The number of anilines is 2. The molecule has 0 saturated heterocycles. The van der Waals surface area contributed by atoms with Crippen LogP contribution in [0.25, 0.3) is 11.0 Å². The van der Waals surface area contributed by atoms with E-state index >= 15 is 0 Å². The molecule has 124 valence electrons. The first-order chi connectivity index (χ1) is 11.2. The monoisotopic (exact) mass is 453 g/mol. The number of urea groups is 1. The molecule has 0 aliphatic rings. The molecule has 0 aliphatic heterocycles. The van der Waals surface area contributed by atoms with Crippen LogP contribution in [-0.2, 0) is 0 Å². The summed E-state index contributed by atoms with van der Waals surface area (Å²) in [6.07, 6.45) is 3.46. The zero-order valence-electron chi connectivity index (χ0n) is 12.8. The van der Waals surface area contributed by atoms with Crippen LogP contribution in [0.5, 0.6) is 0 Å². The Bertz CT molecular complexity index is 879. The topological polar surface area (TPSA) is 78.1 Å². The van der Waals surface area contributed by atoms with Crippen LogP contribution in [0, 0.1) is 5.41 Å². The fourth-order valence-electron chi connectivity index (χ4n) is 2.19. The lowest BCUT2D eigenvalue weighted by Gasteiger charge is -2.09. The van der Waals surface area contributed by atoms with Gasteiger partial charge in [0.15, 0.2) is 0 Å². The Labute approximate surface area is 160 Å². The first kappa shape index (κ1) is 18.3.